The van der Waals surface area contributed by atoms with Crippen molar-refractivity contribution in [1.82, 2.24) is 0 Å². The van der Waals surface area contributed by atoms with Gasteiger partial charge >= 0.3 is 6.18 Å². The van der Waals surface area contributed by atoms with Gasteiger partial charge in [0.05, 0.1) is 5.56 Å². The molecular weight excluding hydrogens is 207 g/mol. The summed E-state index contributed by atoms with van der Waals surface area (Å²) in [7, 11) is 0. The SMILES string of the molecule is CCN=C([O-])c1ccccc1C(F)(F)F. The van der Waals surface area contributed by atoms with Gasteiger partial charge < -0.3 is 10.1 Å². The molecule has 0 aliphatic heterocycles. The van der Waals surface area contributed by atoms with Gasteiger partial charge in [-0.2, -0.15) is 13.2 Å². The molecule has 0 bridgehead atoms. The lowest BCUT2D eigenvalue weighted by atomic mass is 10.1. The van der Waals surface area contributed by atoms with Crippen molar-refractivity contribution in [1.29, 1.82) is 0 Å². The maximum Gasteiger partial charge on any atom is 0.417 e. The van der Waals surface area contributed by atoms with Gasteiger partial charge in [-0.15, -0.1) is 0 Å². The van der Waals surface area contributed by atoms with Crippen molar-refractivity contribution in [2.24, 2.45) is 4.99 Å². The van der Waals surface area contributed by atoms with E-state index < -0.39 is 23.2 Å². The summed E-state index contributed by atoms with van der Waals surface area (Å²) >= 11 is 0. The zero-order valence-electron chi connectivity index (χ0n) is 8.01. The molecule has 0 N–H and O–H groups in total. The van der Waals surface area contributed by atoms with Crippen LogP contribution in [0.2, 0.25) is 0 Å². The average Bonchev–Trinajstić information content (AvgIpc) is 2.17. The van der Waals surface area contributed by atoms with Crippen molar-refractivity contribution in [3.8, 4) is 0 Å². The highest BCUT2D eigenvalue weighted by molar-refractivity contribution is 5.92. The molecule has 0 aliphatic carbocycles. The first-order chi connectivity index (χ1) is 6.96. The largest absolute Gasteiger partial charge is 0.858 e. The summed E-state index contributed by atoms with van der Waals surface area (Å²) in [6, 6.07) is 4.63. The fourth-order valence-electron chi connectivity index (χ4n) is 1.15. The van der Waals surface area contributed by atoms with Gasteiger partial charge in [0.1, 0.15) is 0 Å². The van der Waals surface area contributed by atoms with Gasteiger partial charge in [0.25, 0.3) is 0 Å². The van der Waals surface area contributed by atoms with Crippen LogP contribution in [0.5, 0.6) is 0 Å². The van der Waals surface area contributed by atoms with Gasteiger partial charge in [-0.25, -0.2) is 0 Å². The van der Waals surface area contributed by atoms with Crippen LogP contribution in [0.25, 0.3) is 0 Å². The van der Waals surface area contributed by atoms with Crippen molar-refractivity contribution in [3.05, 3.63) is 35.4 Å². The van der Waals surface area contributed by atoms with E-state index >= 15 is 0 Å². The molecule has 0 spiro atoms. The Hall–Kier alpha value is -1.52. The maximum atomic E-state index is 12.5. The van der Waals surface area contributed by atoms with Crippen LogP contribution in [0.3, 0.4) is 0 Å². The summed E-state index contributed by atoms with van der Waals surface area (Å²) in [4.78, 5) is 3.43. The smallest absolute Gasteiger partial charge is 0.417 e. The average molecular weight is 216 g/mol. The Morgan fingerprint density at radius 1 is 1.33 bits per heavy atom. The minimum absolute atomic E-state index is 0.172. The highest BCUT2D eigenvalue weighted by Crippen LogP contribution is 2.31. The highest BCUT2D eigenvalue weighted by atomic mass is 19.4. The van der Waals surface area contributed by atoms with Gasteiger partial charge in [0.2, 0.25) is 0 Å². The Morgan fingerprint density at radius 3 is 2.47 bits per heavy atom. The molecule has 0 fully saturated rings. The van der Waals surface area contributed by atoms with E-state index in [1.807, 2.05) is 0 Å². The third kappa shape index (κ3) is 2.71. The highest BCUT2D eigenvalue weighted by Gasteiger charge is 2.32. The number of benzene rings is 1. The normalized spacial score (nSPS) is 12.9. The van der Waals surface area contributed by atoms with Crippen molar-refractivity contribution < 1.29 is 18.3 Å². The van der Waals surface area contributed by atoms with Crippen LogP contribution >= 0.6 is 0 Å². The second-order valence-electron chi connectivity index (χ2n) is 2.82. The van der Waals surface area contributed by atoms with Crippen molar-refractivity contribution in [3.63, 3.8) is 0 Å². The molecule has 2 nitrogen and oxygen atoms in total. The van der Waals surface area contributed by atoms with Crippen molar-refractivity contribution in [2.45, 2.75) is 13.1 Å². The van der Waals surface area contributed by atoms with E-state index in [1.54, 1.807) is 6.92 Å². The third-order valence-electron chi connectivity index (χ3n) is 1.76. The van der Waals surface area contributed by atoms with Crippen molar-refractivity contribution in [2.75, 3.05) is 6.54 Å². The van der Waals surface area contributed by atoms with Crippen LogP contribution in [0.15, 0.2) is 29.3 Å². The van der Waals surface area contributed by atoms with Crippen molar-refractivity contribution >= 4 is 5.90 Å². The van der Waals surface area contributed by atoms with Gasteiger partial charge in [-0.1, -0.05) is 18.2 Å². The molecule has 1 aromatic carbocycles. The molecule has 0 atom stereocenters. The Morgan fingerprint density at radius 2 is 1.93 bits per heavy atom. The molecule has 1 rings (SSSR count). The van der Waals surface area contributed by atoms with E-state index in [9.17, 15) is 18.3 Å². The second-order valence-corrected chi connectivity index (χ2v) is 2.82. The molecule has 0 radical (unpaired) electrons. The molecule has 0 amide bonds. The fourth-order valence-corrected chi connectivity index (χ4v) is 1.15. The first-order valence-corrected chi connectivity index (χ1v) is 4.35. The molecule has 0 aromatic heterocycles. The topological polar surface area (TPSA) is 35.4 Å². The molecule has 0 saturated carbocycles. The second kappa shape index (κ2) is 4.33. The summed E-state index contributed by atoms with van der Waals surface area (Å²) in [5.74, 6) is -0.828. The summed E-state index contributed by atoms with van der Waals surface area (Å²) in [5.41, 5.74) is -1.33. The van der Waals surface area contributed by atoms with E-state index in [1.165, 1.54) is 12.1 Å². The van der Waals surface area contributed by atoms with E-state index in [0.717, 1.165) is 12.1 Å². The molecule has 0 aliphatic rings. The van der Waals surface area contributed by atoms with Crippen LogP contribution in [0.1, 0.15) is 18.1 Å². The van der Waals surface area contributed by atoms with E-state index in [2.05, 4.69) is 4.99 Å². The predicted molar refractivity (Wildman–Crippen MR) is 48.5 cm³/mol. The minimum atomic E-state index is -4.52. The molecule has 0 unspecified atom stereocenters. The lowest BCUT2D eigenvalue weighted by Gasteiger charge is -2.17. The Labute approximate surface area is 85.1 Å². The summed E-state index contributed by atoms with van der Waals surface area (Å²) in [6.07, 6.45) is -4.52. The van der Waals surface area contributed by atoms with Crippen LogP contribution in [-0.4, -0.2) is 12.4 Å². The van der Waals surface area contributed by atoms with Gasteiger partial charge in [-0.3, -0.25) is 0 Å². The van der Waals surface area contributed by atoms with E-state index in [-0.39, 0.29) is 6.54 Å². The molecule has 5 heteroatoms. The monoisotopic (exact) mass is 216 g/mol. The zero-order valence-corrected chi connectivity index (χ0v) is 8.01. The van der Waals surface area contributed by atoms with Gasteiger partial charge in [0.15, 0.2) is 0 Å². The fraction of sp³-hybridized carbons (Fsp3) is 0.300. The Balaban J connectivity index is 3.24. The number of nitrogens with zero attached hydrogens (tertiary/aromatic N) is 1. The van der Waals surface area contributed by atoms with E-state index in [0.29, 0.717) is 0 Å². The first-order valence-electron chi connectivity index (χ1n) is 4.35. The molecule has 0 heterocycles. The Kier molecular flexibility index (Phi) is 3.34. The Bertz CT molecular complexity index is 371. The van der Waals surface area contributed by atoms with Crippen LogP contribution < -0.4 is 5.11 Å². The number of halogens is 3. The minimum Gasteiger partial charge on any atom is -0.858 e. The third-order valence-corrected chi connectivity index (χ3v) is 1.76. The molecule has 82 valence electrons. The standard InChI is InChI=1S/C10H10F3NO/c1-2-14-9(15)7-5-3-4-6-8(7)10(11,12)13/h3-6H,2H2,1H3,(H,14,15)/p-1. The van der Waals surface area contributed by atoms with Crippen LogP contribution in [-0.2, 0) is 6.18 Å². The summed E-state index contributed by atoms with van der Waals surface area (Å²) < 4.78 is 37.4. The molecule has 0 saturated heterocycles. The maximum absolute atomic E-state index is 12.5. The van der Waals surface area contributed by atoms with Gasteiger partial charge in [-0.05, 0) is 24.5 Å². The number of rotatable bonds is 2. The number of hydrogen-bond donors (Lipinski definition) is 0. The van der Waals surface area contributed by atoms with Gasteiger partial charge in [0, 0.05) is 6.54 Å². The zero-order chi connectivity index (χ0) is 11.5. The lowest BCUT2D eigenvalue weighted by molar-refractivity contribution is -0.214. The number of aliphatic imine (C=N–C) groups is 1. The molecular formula is C10H9F3NO-. The molecule has 15 heavy (non-hydrogen) atoms. The quantitative estimate of drug-likeness (QED) is 0.548. The lowest BCUT2D eigenvalue weighted by Crippen LogP contribution is -2.23. The summed E-state index contributed by atoms with van der Waals surface area (Å²) in [6.45, 7) is 1.76. The first kappa shape index (κ1) is 11.6. The van der Waals surface area contributed by atoms with Crippen LogP contribution in [0.4, 0.5) is 13.2 Å². The predicted octanol–water partition coefficient (Wildman–Crippen LogP) is 1.83. The molecule has 1 aromatic rings. The van der Waals surface area contributed by atoms with E-state index in [4.69, 9.17) is 0 Å². The number of alkyl halides is 3. The summed E-state index contributed by atoms with van der Waals surface area (Å²) in [5, 5.41) is 11.2. The number of hydrogen-bond acceptors (Lipinski definition) is 2. The van der Waals surface area contributed by atoms with Crippen LogP contribution in [0, 0.1) is 0 Å².